The highest BCUT2D eigenvalue weighted by atomic mass is 35.5. The number of anilines is 1. The SMILES string of the molecule is CNS(=O)(=O)c1cccc(NC(=O)CC2CNCCO2)c1.Cl. The van der Waals surface area contributed by atoms with Crippen molar-refractivity contribution in [2.24, 2.45) is 0 Å². The Kier molecular flexibility index (Phi) is 7.24. The average molecular weight is 350 g/mol. The number of hydrogen-bond donors (Lipinski definition) is 3. The number of hydrogen-bond acceptors (Lipinski definition) is 5. The lowest BCUT2D eigenvalue weighted by Gasteiger charge is -2.23. The van der Waals surface area contributed by atoms with Gasteiger partial charge in [0, 0.05) is 18.8 Å². The van der Waals surface area contributed by atoms with E-state index in [2.05, 4.69) is 15.4 Å². The molecule has 1 saturated heterocycles. The van der Waals surface area contributed by atoms with Crippen molar-refractivity contribution in [3.63, 3.8) is 0 Å². The minimum atomic E-state index is -3.52. The number of benzene rings is 1. The number of carbonyl (C=O) groups excluding carboxylic acids is 1. The summed E-state index contributed by atoms with van der Waals surface area (Å²) in [5, 5.41) is 5.83. The minimum absolute atomic E-state index is 0. The van der Waals surface area contributed by atoms with Crippen LogP contribution in [0.5, 0.6) is 0 Å². The summed E-state index contributed by atoms with van der Waals surface area (Å²) in [6.45, 7) is 2.03. The molecule has 1 atom stereocenters. The molecule has 1 aromatic carbocycles. The summed E-state index contributed by atoms with van der Waals surface area (Å²) in [7, 11) is -2.18. The fourth-order valence-corrected chi connectivity index (χ4v) is 2.80. The Hall–Kier alpha value is -1.19. The molecule has 1 aromatic rings. The topological polar surface area (TPSA) is 96.5 Å². The van der Waals surface area contributed by atoms with E-state index in [1.165, 1.54) is 19.2 Å². The third-order valence-corrected chi connectivity index (χ3v) is 4.53. The maximum Gasteiger partial charge on any atom is 0.240 e. The largest absolute Gasteiger partial charge is 0.375 e. The van der Waals surface area contributed by atoms with Gasteiger partial charge in [-0.2, -0.15) is 0 Å². The second-order valence-corrected chi connectivity index (χ2v) is 6.57. The molecule has 7 nitrogen and oxygen atoms in total. The quantitative estimate of drug-likeness (QED) is 0.712. The molecule has 1 unspecified atom stereocenters. The van der Waals surface area contributed by atoms with E-state index in [-0.39, 0.29) is 35.7 Å². The Labute approximate surface area is 136 Å². The summed E-state index contributed by atoms with van der Waals surface area (Å²) >= 11 is 0. The number of morpholine rings is 1. The van der Waals surface area contributed by atoms with Gasteiger partial charge in [-0.25, -0.2) is 13.1 Å². The van der Waals surface area contributed by atoms with Crippen LogP contribution in [0.25, 0.3) is 0 Å². The number of halogens is 1. The van der Waals surface area contributed by atoms with Crippen LogP contribution in [0, 0.1) is 0 Å². The van der Waals surface area contributed by atoms with Gasteiger partial charge in [0.05, 0.1) is 24.0 Å². The van der Waals surface area contributed by atoms with Crippen LogP contribution < -0.4 is 15.4 Å². The highest BCUT2D eigenvalue weighted by Gasteiger charge is 2.18. The molecule has 0 spiro atoms. The lowest BCUT2D eigenvalue weighted by Crippen LogP contribution is -2.40. The first-order valence-corrected chi connectivity index (χ1v) is 8.15. The molecule has 22 heavy (non-hydrogen) atoms. The summed E-state index contributed by atoms with van der Waals surface area (Å²) in [6.07, 6.45) is 0.0821. The van der Waals surface area contributed by atoms with Gasteiger partial charge in [-0.05, 0) is 25.2 Å². The summed E-state index contributed by atoms with van der Waals surface area (Å²) < 4.78 is 31.1. The smallest absolute Gasteiger partial charge is 0.240 e. The van der Waals surface area contributed by atoms with Crippen LogP contribution >= 0.6 is 12.4 Å². The lowest BCUT2D eigenvalue weighted by atomic mass is 10.2. The molecule has 3 N–H and O–H groups in total. The van der Waals surface area contributed by atoms with Crippen LogP contribution in [-0.4, -0.2) is 47.2 Å². The molecule has 1 heterocycles. The van der Waals surface area contributed by atoms with Crippen LogP contribution in [0.1, 0.15) is 6.42 Å². The summed E-state index contributed by atoms with van der Waals surface area (Å²) in [6, 6.07) is 6.12. The van der Waals surface area contributed by atoms with Crippen LogP contribution in [-0.2, 0) is 19.6 Å². The summed E-state index contributed by atoms with van der Waals surface area (Å²) in [5.74, 6) is -0.206. The second-order valence-electron chi connectivity index (χ2n) is 4.68. The van der Waals surface area contributed by atoms with Crippen molar-refractivity contribution in [3.8, 4) is 0 Å². The molecule has 0 aliphatic carbocycles. The van der Waals surface area contributed by atoms with Crippen molar-refractivity contribution in [1.82, 2.24) is 10.0 Å². The molecular formula is C13H20ClN3O4S. The molecule has 0 saturated carbocycles. The van der Waals surface area contributed by atoms with E-state index in [0.29, 0.717) is 18.8 Å². The van der Waals surface area contributed by atoms with Gasteiger partial charge in [-0.1, -0.05) is 6.07 Å². The van der Waals surface area contributed by atoms with Crippen LogP contribution in [0.15, 0.2) is 29.2 Å². The Balaban J connectivity index is 0.00000242. The fraction of sp³-hybridized carbons (Fsp3) is 0.462. The molecule has 1 fully saturated rings. The molecule has 124 valence electrons. The number of sulfonamides is 1. The molecule has 1 amide bonds. The predicted octanol–water partition coefficient (Wildman–Crippen LogP) is 0.333. The predicted molar refractivity (Wildman–Crippen MR) is 85.8 cm³/mol. The van der Waals surface area contributed by atoms with E-state index in [1.54, 1.807) is 12.1 Å². The second kappa shape index (κ2) is 8.44. The van der Waals surface area contributed by atoms with Gasteiger partial charge in [-0.15, -0.1) is 12.4 Å². The number of nitrogens with one attached hydrogen (secondary N) is 3. The number of ether oxygens (including phenoxy) is 1. The van der Waals surface area contributed by atoms with Crippen molar-refractivity contribution >= 4 is 34.0 Å². The third-order valence-electron chi connectivity index (χ3n) is 3.11. The highest BCUT2D eigenvalue weighted by Crippen LogP contribution is 2.15. The first-order valence-electron chi connectivity index (χ1n) is 6.67. The van der Waals surface area contributed by atoms with Crippen molar-refractivity contribution < 1.29 is 17.9 Å². The molecule has 1 aliphatic heterocycles. The Morgan fingerprint density at radius 2 is 2.23 bits per heavy atom. The van der Waals surface area contributed by atoms with Gasteiger partial charge in [0.15, 0.2) is 0 Å². The minimum Gasteiger partial charge on any atom is -0.375 e. The van der Waals surface area contributed by atoms with Gasteiger partial charge in [-0.3, -0.25) is 4.79 Å². The molecule has 0 radical (unpaired) electrons. The monoisotopic (exact) mass is 349 g/mol. The van der Waals surface area contributed by atoms with E-state index in [1.807, 2.05) is 0 Å². The maximum absolute atomic E-state index is 11.9. The third kappa shape index (κ3) is 5.22. The van der Waals surface area contributed by atoms with E-state index in [0.717, 1.165) is 6.54 Å². The standard InChI is InChI=1S/C13H19N3O4S.ClH/c1-14-21(18,19)12-4-2-3-10(7-12)16-13(17)8-11-9-15-5-6-20-11;/h2-4,7,11,14-15H,5-6,8-9H2,1H3,(H,16,17);1H. The Morgan fingerprint density at radius 1 is 1.45 bits per heavy atom. The average Bonchev–Trinajstić information content (AvgIpc) is 2.48. The molecule has 9 heteroatoms. The van der Waals surface area contributed by atoms with E-state index < -0.39 is 10.0 Å². The van der Waals surface area contributed by atoms with Crippen molar-refractivity contribution in [1.29, 1.82) is 0 Å². The zero-order valence-electron chi connectivity index (χ0n) is 12.2. The molecule has 1 aliphatic rings. The van der Waals surface area contributed by atoms with Crippen LogP contribution in [0.2, 0.25) is 0 Å². The van der Waals surface area contributed by atoms with E-state index in [4.69, 9.17) is 4.74 Å². The van der Waals surface area contributed by atoms with Crippen LogP contribution in [0.3, 0.4) is 0 Å². The number of amides is 1. The zero-order chi connectivity index (χ0) is 15.3. The summed E-state index contributed by atoms with van der Waals surface area (Å²) in [5.41, 5.74) is 0.445. The van der Waals surface area contributed by atoms with Gasteiger partial charge >= 0.3 is 0 Å². The lowest BCUT2D eigenvalue weighted by molar-refractivity contribution is -0.119. The molecule has 0 aromatic heterocycles. The zero-order valence-corrected chi connectivity index (χ0v) is 13.8. The van der Waals surface area contributed by atoms with Gasteiger partial charge in [0.2, 0.25) is 15.9 Å². The first-order chi connectivity index (χ1) is 10.0. The molecule has 0 bridgehead atoms. The van der Waals surface area contributed by atoms with Gasteiger partial charge in [0.25, 0.3) is 0 Å². The van der Waals surface area contributed by atoms with E-state index in [9.17, 15) is 13.2 Å². The fourth-order valence-electron chi connectivity index (χ4n) is 2.03. The first kappa shape index (κ1) is 18.9. The Bertz CT molecular complexity index is 603. The van der Waals surface area contributed by atoms with Gasteiger partial charge < -0.3 is 15.4 Å². The number of carbonyl (C=O) groups is 1. The maximum atomic E-state index is 11.9. The van der Waals surface area contributed by atoms with Crippen molar-refractivity contribution in [2.75, 3.05) is 32.1 Å². The van der Waals surface area contributed by atoms with Crippen molar-refractivity contribution in [2.45, 2.75) is 17.4 Å². The van der Waals surface area contributed by atoms with E-state index >= 15 is 0 Å². The normalized spacial score (nSPS) is 18.3. The Morgan fingerprint density at radius 3 is 2.86 bits per heavy atom. The number of rotatable bonds is 5. The van der Waals surface area contributed by atoms with Crippen LogP contribution in [0.4, 0.5) is 5.69 Å². The van der Waals surface area contributed by atoms with Crippen molar-refractivity contribution in [3.05, 3.63) is 24.3 Å². The molecular weight excluding hydrogens is 330 g/mol. The molecule has 2 rings (SSSR count). The highest BCUT2D eigenvalue weighted by molar-refractivity contribution is 7.89. The van der Waals surface area contributed by atoms with Gasteiger partial charge in [0.1, 0.15) is 0 Å². The summed E-state index contributed by atoms with van der Waals surface area (Å²) in [4.78, 5) is 12.0.